The minimum absolute atomic E-state index is 0.177. The highest BCUT2D eigenvalue weighted by Gasteiger charge is 2.13. The smallest absolute Gasteiger partial charge is 0.224 e. The molecule has 0 spiro atoms. The summed E-state index contributed by atoms with van der Waals surface area (Å²) in [7, 11) is 0. The van der Waals surface area contributed by atoms with Crippen LogP contribution in [-0.2, 0) is 0 Å². The normalized spacial score (nSPS) is 15.2. The molecular weight excluding hydrogens is 257 g/mol. The molecule has 2 heterocycles. The standard InChI is InChI=1S/C15H16FN3O/c16-12-6-2-3-7-13(12)20-15-10-14(17-11-18-15)19-8-4-1-5-9-19/h2-3,6-7,10-11H,1,4-5,8-9H2. The number of rotatable bonds is 3. The molecule has 1 aliphatic rings. The number of ether oxygens (including phenoxy) is 1. The van der Waals surface area contributed by atoms with Gasteiger partial charge in [-0.2, -0.15) is 0 Å². The van der Waals surface area contributed by atoms with Crippen molar-refractivity contribution in [3.63, 3.8) is 0 Å². The molecule has 0 N–H and O–H groups in total. The van der Waals surface area contributed by atoms with Crippen molar-refractivity contribution in [3.05, 3.63) is 42.5 Å². The molecule has 0 amide bonds. The van der Waals surface area contributed by atoms with E-state index in [1.165, 1.54) is 31.7 Å². The summed E-state index contributed by atoms with van der Waals surface area (Å²) in [6.07, 6.45) is 5.07. The molecule has 1 fully saturated rings. The van der Waals surface area contributed by atoms with E-state index >= 15 is 0 Å². The first-order chi connectivity index (χ1) is 9.83. The second-order valence-corrected chi connectivity index (χ2v) is 4.79. The Labute approximate surface area is 117 Å². The van der Waals surface area contributed by atoms with Gasteiger partial charge in [-0.05, 0) is 31.4 Å². The largest absolute Gasteiger partial charge is 0.436 e. The number of piperidine rings is 1. The van der Waals surface area contributed by atoms with E-state index in [0.29, 0.717) is 5.88 Å². The Balaban J connectivity index is 1.79. The first kappa shape index (κ1) is 12.8. The average Bonchev–Trinajstić information content (AvgIpc) is 2.51. The van der Waals surface area contributed by atoms with Gasteiger partial charge in [0.25, 0.3) is 0 Å². The van der Waals surface area contributed by atoms with E-state index in [2.05, 4.69) is 14.9 Å². The molecule has 1 saturated heterocycles. The van der Waals surface area contributed by atoms with Crippen molar-refractivity contribution in [2.45, 2.75) is 19.3 Å². The van der Waals surface area contributed by atoms with Crippen LogP contribution in [0.1, 0.15) is 19.3 Å². The molecule has 0 bridgehead atoms. The van der Waals surface area contributed by atoms with Crippen molar-refractivity contribution >= 4 is 5.82 Å². The van der Waals surface area contributed by atoms with Gasteiger partial charge >= 0.3 is 0 Å². The van der Waals surface area contributed by atoms with Crippen LogP contribution < -0.4 is 9.64 Å². The van der Waals surface area contributed by atoms with Gasteiger partial charge in [0.15, 0.2) is 11.6 Å². The quantitative estimate of drug-likeness (QED) is 0.859. The van der Waals surface area contributed by atoms with Crippen molar-refractivity contribution < 1.29 is 9.13 Å². The van der Waals surface area contributed by atoms with Crippen LogP contribution >= 0.6 is 0 Å². The highest BCUT2D eigenvalue weighted by Crippen LogP contribution is 2.25. The fraction of sp³-hybridized carbons (Fsp3) is 0.333. The average molecular weight is 273 g/mol. The van der Waals surface area contributed by atoms with E-state index in [9.17, 15) is 4.39 Å². The van der Waals surface area contributed by atoms with Crippen LogP contribution in [-0.4, -0.2) is 23.1 Å². The lowest BCUT2D eigenvalue weighted by atomic mass is 10.1. The molecule has 0 aliphatic carbocycles. The minimum Gasteiger partial charge on any atom is -0.436 e. The molecule has 0 saturated carbocycles. The zero-order valence-electron chi connectivity index (χ0n) is 11.1. The molecule has 0 unspecified atom stereocenters. The number of halogens is 1. The second kappa shape index (κ2) is 5.86. The molecule has 4 nitrogen and oxygen atoms in total. The number of aromatic nitrogens is 2. The van der Waals surface area contributed by atoms with Gasteiger partial charge in [0.05, 0.1) is 0 Å². The van der Waals surface area contributed by atoms with E-state index in [0.717, 1.165) is 18.9 Å². The summed E-state index contributed by atoms with van der Waals surface area (Å²) in [5.74, 6) is 0.984. The lowest BCUT2D eigenvalue weighted by molar-refractivity contribution is 0.426. The maximum atomic E-state index is 13.6. The second-order valence-electron chi connectivity index (χ2n) is 4.79. The summed E-state index contributed by atoms with van der Waals surface area (Å²) in [4.78, 5) is 10.5. The Bertz CT molecular complexity index is 585. The van der Waals surface area contributed by atoms with E-state index in [1.54, 1.807) is 24.3 Å². The maximum Gasteiger partial charge on any atom is 0.224 e. The van der Waals surface area contributed by atoms with Crippen molar-refractivity contribution in [1.82, 2.24) is 9.97 Å². The number of benzene rings is 1. The molecule has 3 rings (SSSR count). The number of anilines is 1. The zero-order valence-corrected chi connectivity index (χ0v) is 11.1. The summed E-state index contributed by atoms with van der Waals surface area (Å²) in [5, 5.41) is 0. The zero-order chi connectivity index (χ0) is 13.8. The number of para-hydroxylation sites is 1. The van der Waals surface area contributed by atoms with E-state index in [4.69, 9.17) is 4.74 Å². The lowest BCUT2D eigenvalue weighted by Crippen LogP contribution is -2.30. The number of hydrogen-bond donors (Lipinski definition) is 0. The highest BCUT2D eigenvalue weighted by molar-refractivity contribution is 5.42. The molecule has 5 heteroatoms. The van der Waals surface area contributed by atoms with Crippen LogP contribution in [0.25, 0.3) is 0 Å². The Morgan fingerprint density at radius 1 is 1.05 bits per heavy atom. The van der Waals surface area contributed by atoms with Crippen LogP contribution in [0.4, 0.5) is 10.2 Å². The van der Waals surface area contributed by atoms with Crippen molar-refractivity contribution in [2.24, 2.45) is 0 Å². The molecule has 104 valence electrons. The molecule has 0 atom stereocenters. The fourth-order valence-corrected chi connectivity index (χ4v) is 2.32. The Morgan fingerprint density at radius 3 is 2.65 bits per heavy atom. The molecule has 1 aromatic carbocycles. The monoisotopic (exact) mass is 273 g/mol. The third kappa shape index (κ3) is 2.87. The first-order valence-electron chi connectivity index (χ1n) is 6.82. The van der Waals surface area contributed by atoms with Gasteiger partial charge in [-0.15, -0.1) is 0 Å². The number of nitrogens with zero attached hydrogens (tertiary/aromatic N) is 3. The topological polar surface area (TPSA) is 38.2 Å². The predicted molar refractivity (Wildman–Crippen MR) is 74.6 cm³/mol. The van der Waals surface area contributed by atoms with Gasteiger partial charge < -0.3 is 9.64 Å². The van der Waals surface area contributed by atoms with Gasteiger partial charge in [0.1, 0.15) is 12.1 Å². The molecule has 1 aliphatic heterocycles. The van der Waals surface area contributed by atoms with Gasteiger partial charge in [-0.25, -0.2) is 14.4 Å². The summed E-state index contributed by atoms with van der Waals surface area (Å²) >= 11 is 0. The van der Waals surface area contributed by atoms with Gasteiger partial charge in [0.2, 0.25) is 5.88 Å². The van der Waals surface area contributed by atoms with Crippen molar-refractivity contribution in [3.8, 4) is 11.6 Å². The Morgan fingerprint density at radius 2 is 1.85 bits per heavy atom. The van der Waals surface area contributed by atoms with Crippen LogP contribution in [0, 0.1) is 5.82 Å². The summed E-state index contributed by atoms with van der Waals surface area (Å²) in [5.41, 5.74) is 0. The van der Waals surface area contributed by atoms with Crippen molar-refractivity contribution in [2.75, 3.05) is 18.0 Å². The van der Waals surface area contributed by atoms with Gasteiger partial charge in [-0.3, -0.25) is 0 Å². The predicted octanol–water partition coefficient (Wildman–Crippen LogP) is 3.40. The molecule has 2 aromatic rings. The van der Waals surface area contributed by atoms with E-state index < -0.39 is 5.82 Å². The van der Waals surface area contributed by atoms with E-state index in [1.807, 2.05) is 0 Å². The molecule has 1 aromatic heterocycles. The molecule has 20 heavy (non-hydrogen) atoms. The summed E-state index contributed by atoms with van der Waals surface area (Å²) < 4.78 is 19.0. The fourth-order valence-electron chi connectivity index (χ4n) is 2.32. The van der Waals surface area contributed by atoms with Crippen LogP contribution in [0.3, 0.4) is 0 Å². The van der Waals surface area contributed by atoms with Crippen LogP contribution in [0.15, 0.2) is 36.7 Å². The molecule has 0 radical (unpaired) electrons. The van der Waals surface area contributed by atoms with Crippen LogP contribution in [0.5, 0.6) is 11.6 Å². The third-order valence-electron chi connectivity index (χ3n) is 3.36. The van der Waals surface area contributed by atoms with Gasteiger partial charge in [-0.1, -0.05) is 12.1 Å². The lowest BCUT2D eigenvalue weighted by Gasteiger charge is -2.27. The molecular formula is C15H16FN3O. The third-order valence-corrected chi connectivity index (χ3v) is 3.36. The van der Waals surface area contributed by atoms with Crippen LogP contribution in [0.2, 0.25) is 0 Å². The van der Waals surface area contributed by atoms with Gasteiger partial charge in [0, 0.05) is 19.2 Å². The van der Waals surface area contributed by atoms with Crippen molar-refractivity contribution in [1.29, 1.82) is 0 Å². The first-order valence-corrected chi connectivity index (χ1v) is 6.82. The van der Waals surface area contributed by atoms with E-state index in [-0.39, 0.29) is 5.75 Å². The Kier molecular flexibility index (Phi) is 3.76. The minimum atomic E-state index is -0.398. The summed E-state index contributed by atoms with van der Waals surface area (Å²) in [6, 6.07) is 8.06. The maximum absolute atomic E-state index is 13.6. The Hall–Kier alpha value is -2.17. The summed E-state index contributed by atoms with van der Waals surface area (Å²) in [6.45, 7) is 1.99. The number of hydrogen-bond acceptors (Lipinski definition) is 4. The SMILES string of the molecule is Fc1ccccc1Oc1cc(N2CCCCC2)ncn1. The highest BCUT2D eigenvalue weighted by atomic mass is 19.1.